The van der Waals surface area contributed by atoms with E-state index in [-0.39, 0.29) is 5.69 Å². The number of nitro groups is 1. The summed E-state index contributed by atoms with van der Waals surface area (Å²) in [6.45, 7) is 3.07. The molecule has 1 aliphatic carbocycles. The van der Waals surface area contributed by atoms with Crippen molar-refractivity contribution in [1.29, 1.82) is 0 Å². The van der Waals surface area contributed by atoms with Crippen LogP contribution < -0.4 is 10.2 Å². The summed E-state index contributed by atoms with van der Waals surface area (Å²) in [7, 11) is 0. The monoisotopic (exact) mass is 277 g/mol. The first-order valence-electron chi connectivity index (χ1n) is 7.20. The van der Waals surface area contributed by atoms with E-state index in [4.69, 9.17) is 0 Å². The summed E-state index contributed by atoms with van der Waals surface area (Å²) >= 11 is 0. The summed E-state index contributed by atoms with van der Waals surface area (Å²) in [4.78, 5) is 21.4. The number of anilines is 2. The predicted octanol–water partition coefficient (Wildman–Crippen LogP) is 2.34. The van der Waals surface area contributed by atoms with Crippen molar-refractivity contribution < 1.29 is 4.92 Å². The number of nitrogens with zero attached hydrogens (tertiary/aromatic N) is 4. The molecule has 0 bridgehead atoms. The van der Waals surface area contributed by atoms with Crippen molar-refractivity contribution in [2.45, 2.75) is 51.1 Å². The van der Waals surface area contributed by atoms with Crippen LogP contribution >= 0.6 is 0 Å². The number of hydrogen-bond donors (Lipinski definition) is 1. The molecule has 1 atom stereocenters. The van der Waals surface area contributed by atoms with Gasteiger partial charge in [-0.2, -0.15) is 4.98 Å². The van der Waals surface area contributed by atoms with Gasteiger partial charge in [-0.05, 0) is 39.0 Å². The lowest BCUT2D eigenvalue weighted by Gasteiger charge is -2.33. The normalized spacial score (nSPS) is 22.6. The number of aromatic nitrogens is 2. The van der Waals surface area contributed by atoms with Gasteiger partial charge < -0.3 is 10.2 Å². The zero-order chi connectivity index (χ0) is 14.1. The van der Waals surface area contributed by atoms with Crippen LogP contribution in [0, 0.1) is 10.1 Å². The van der Waals surface area contributed by atoms with Gasteiger partial charge in [-0.15, -0.1) is 0 Å². The zero-order valence-corrected chi connectivity index (χ0v) is 11.6. The van der Waals surface area contributed by atoms with Gasteiger partial charge in [-0.1, -0.05) is 0 Å². The van der Waals surface area contributed by atoms with Crippen LogP contribution in [0.15, 0.2) is 6.20 Å². The summed E-state index contributed by atoms with van der Waals surface area (Å²) in [5.74, 6) is 0.964. The number of rotatable bonds is 4. The third-order valence-electron chi connectivity index (χ3n) is 3.93. The lowest BCUT2D eigenvalue weighted by Crippen LogP contribution is -2.38. The van der Waals surface area contributed by atoms with Crippen molar-refractivity contribution in [3.05, 3.63) is 16.3 Å². The molecule has 1 saturated heterocycles. The Morgan fingerprint density at radius 3 is 2.85 bits per heavy atom. The Morgan fingerprint density at radius 1 is 1.40 bits per heavy atom. The van der Waals surface area contributed by atoms with Gasteiger partial charge in [-0.25, -0.2) is 4.98 Å². The van der Waals surface area contributed by atoms with Crippen molar-refractivity contribution in [2.24, 2.45) is 0 Å². The topological polar surface area (TPSA) is 84.2 Å². The smallest absolute Gasteiger partial charge is 0.329 e. The number of nitrogens with one attached hydrogen (secondary N) is 1. The molecule has 1 N–H and O–H groups in total. The molecule has 20 heavy (non-hydrogen) atoms. The Morgan fingerprint density at radius 2 is 2.20 bits per heavy atom. The molecule has 1 aromatic heterocycles. The highest BCUT2D eigenvalue weighted by Gasteiger charge is 2.28. The molecule has 2 heterocycles. The van der Waals surface area contributed by atoms with E-state index in [0.717, 1.165) is 32.2 Å². The first kappa shape index (κ1) is 13.1. The Bertz CT molecular complexity index is 517. The summed E-state index contributed by atoms with van der Waals surface area (Å²) in [5, 5.41) is 14.2. The molecule has 7 nitrogen and oxygen atoms in total. The Balaban J connectivity index is 1.89. The Hall–Kier alpha value is -1.92. The average molecular weight is 277 g/mol. The average Bonchev–Trinajstić information content (AvgIpc) is 3.23. The maximum atomic E-state index is 11.0. The molecular formula is C13H19N5O2. The Kier molecular flexibility index (Phi) is 3.42. The van der Waals surface area contributed by atoms with Gasteiger partial charge in [0.15, 0.2) is 0 Å². The molecule has 108 valence electrons. The molecule has 7 heteroatoms. The van der Waals surface area contributed by atoms with Crippen LogP contribution in [0.2, 0.25) is 0 Å². The third-order valence-corrected chi connectivity index (χ3v) is 3.93. The van der Waals surface area contributed by atoms with E-state index in [2.05, 4.69) is 27.1 Å². The van der Waals surface area contributed by atoms with Crippen LogP contribution in [-0.2, 0) is 0 Å². The van der Waals surface area contributed by atoms with Crippen molar-refractivity contribution in [3.63, 3.8) is 0 Å². The fourth-order valence-corrected chi connectivity index (χ4v) is 2.56. The van der Waals surface area contributed by atoms with E-state index < -0.39 is 4.92 Å². The number of hydrogen-bond acceptors (Lipinski definition) is 6. The molecule has 0 amide bonds. The van der Waals surface area contributed by atoms with Crippen LogP contribution in [0.4, 0.5) is 17.5 Å². The quantitative estimate of drug-likeness (QED) is 0.671. The lowest BCUT2D eigenvalue weighted by molar-refractivity contribution is -0.384. The fraction of sp³-hybridized carbons (Fsp3) is 0.692. The zero-order valence-electron chi connectivity index (χ0n) is 11.6. The predicted molar refractivity (Wildman–Crippen MR) is 76.0 cm³/mol. The molecule has 0 unspecified atom stereocenters. The largest absolute Gasteiger partial charge is 0.361 e. The van der Waals surface area contributed by atoms with E-state index >= 15 is 0 Å². The SMILES string of the molecule is C[C@@H]1CCCCN1c1ncc([N+](=O)[O-])c(NC2CC2)n1. The van der Waals surface area contributed by atoms with Crippen molar-refractivity contribution >= 4 is 17.5 Å². The van der Waals surface area contributed by atoms with Crippen molar-refractivity contribution in [2.75, 3.05) is 16.8 Å². The minimum absolute atomic E-state index is 0.0367. The van der Waals surface area contributed by atoms with Gasteiger partial charge >= 0.3 is 5.69 Å². The van der Waals surface area contributed by atoms with Gasteiger partial charge in [0.1, 0.15) is 6.20 Å². The van der Waals surface area contributed by atoms with E-state index in [1.54, 1.807) is 0 Å². The van der Waals surface area contributed by atoms with E-state index in [1.807, 2.05) is 0 Å². The highest BCUT2D eigenvalue weighted by molar-refractivity contribution is 5.58. The van der Waals surface area contributed by atoms with Gasteiger partial charge in [0.05, 0.1) is 4.92 Å². The molecule has 0 radical (unpaired) electrons. The minimum Gasteiger partial charge on any atom is -0.361 e. The van der Waals surface area contributed by atoms with Gasteiger partial charge in [0, 0.05) is 18.6 Å². The van der Waals surface area contributed by atoms with Crippen molar-refractivity contribution in [3.8, 4) is 0 Å². The molecule has 1 saturated carbocycles. The summed E-state index contributed by atoms with van der Waals surface area (Å²) < 4.78 is 0. The second kappa shape index (κ2) is 5.22. The molecule has 0 aromatic carbocycles. The maximum absolute atomic E-state index is 11.0. The van der Waals surface area contributed by atoms with Crippen LogP contribution in [0.1, 0.15) is 39.0 Å². The highest BCUT2D eigenvalue weighted by Crippen LogP contribution is 2.31. The summed E-state index contributed by atoms with van der Waals surface area (Å²) in [6.07, 6.45) is 6.89. The first-order chi connectivity index (χ1) is 9.65. The van der Waals surface area contributed by atoms with Gasteiger partial charge in [-0.3, -0.25) is 10.1 Å². The molecule has 2 aliphatic rings. The van der Waals surface area contributed by atoms with Gasteiger partial charge in [0.25, 0.3) is 0 Å². The third kappa shape index (κ3) is 2.66. The van der Waals surface area contributed by atoms with E-state index in [0.29, 0.717) is 23.8 Å². The molecule has 3 rings (SSSR count). The van der Waals surface area contributed by atoms with Crippen LogP contribution in [-0.4, -0.2) is 33.5 Å². The first-order valence-corrected chi connectivity index (χ1v) is 7.20. The molecule has 2 fully saturated rings. The van der Waals surface area contributed by atoms with Crippen LogP contribution in [0.5, 0.6) is 0 Å². The fourth-order valence-electron chi connectivity index (χ4n) is 2.56. The van der Waals surface area contributed by atoms with Crippen molar-refractivity contribution in [1.82, 2.24) is 9.97 Å². The summed E-state index contributed by atoms with van der Waals surface area (Å²) in [6, 6.07) is 0.717. The van der Waals surface area contributed by atoms with Gasteiger partial charge in [0.2, 0.25) is 11.8 Å². The lowest BCUT2D eigenvalue weighted by atomic mass is 10.0. The Labute approximate surface area is 117 Å². The second-order valence-corrected chi connectivity index (χ2v) is 5.62. The highest BCUT2D eigenvalue weighted by atomic mass is 16.6. The molecule has 1 aliphatic heterocycles. The summed E-state index contributed by atoms with van der Waals surface area (Å²) in [5.41, 5.74) is -0.0367. The van der Waals surface area contributed by atoms with Crippen LogP contribution in [0.3, 0.4) is 0 Å². The molecule has 0 spiro atoms. The van der Waals surface area contributed by atoms with Crippen LogP contribution in [0.25, 0.3) is 0 Å². The maximum Gasteiger partial charge on any atom is 0.329 e. The molecule has 1 aromatic rings. The number of piperidine rings is 1. The van der Waals surface area contributed by atoms with E-state index in [1.165, 1.54) is 12.6 Å². The molecular weight excluding hydrogens is 258 g/mol. The second-order valence-electron chi connectivity index (χ2n) is 5.62. The standard InChI is InChI=1S/C13H19N5O2/c1-9-4-2-3-7-17(9)13-14-8-11(18(19)20)12(16-13)15-10-5-6-10/h8-10H,2-7H2,1H3,(H,14,15,16)/t9-/m1/s1. The van der Waals surface area contributed by atoms with E-state index in [9.17, 15) is 10.1 Å². The minimum atomic E-state index is -0.422.